The van der Waals surface area contributed by atoms with E-state index < -0.39 is 33.4 Å². The summed E-state index contributed by atoms with van der Waals surface area (Å²) >= 11 is 0. The molecule has 0 saturated carbocycles. The van der Waals surface area contributed by atoms with Gasteiger partial charge in [-0.05, 0) is 24.6 Å². The molecule has 1 aromatic rings. The van der Waals surface area contributed by atoms with E-state index in [4.69, 9.17) is 0 Å². The van der Waals surface area contributed by atoms with Gasteiger partial charge in [-0.3, -0.25) is 15.0 Å². The number of sulfonamides is 1. The summed E-state index contributed by atoms with van der Waals surface area (Å²) < 4.78 is 27.3. The van der Waals surface area contributed by atoms with Crippen molar-refractivity contribution in [2.75, 3.05) is 12.3 Å². The molecule has 0 radical (unpaired) electrons. The Morgan fingerprint density at radius 1 is 1.24 bits per heavy atom. The Labute approximate surface area is 166 Å². The number of urea groups is 1. The first kappa shape index (κ1) is 18.9. The number of benzene rings is 1. The molecule has 150 valence electrons. The van der Waals surface area contributed by atoms with Crippen LogP contribution < -0.4 is 10.7 Å². The molecule has 3 aliphatic heterocycles. The summed E-state index contributed by atoms with van der Waals surface area (Å²) in [6, 6.07) is 7.83. The Bertz CT molecular complexity index is 1110. The first-order valence-corrected chi connectivity index (χ1v) is 10.3. The van der Waals surface area contributed by atoms with E-state index in [-0.39, 0.29) is 23.7 Å². The lowest BCUT2D eigenvalue weighted by molar-refractivity contribution is -0.137. The van der Waals surface area contributed by atoms with Crippen molar-refractivity contribution in [3.63, 3.8) is 0 Å². The number of amides is 4. The number of carbonyl (C=O) groups excluding carboxylic acids is 3. The molecule has 1 fully saturated rings. The average Bonchev–Trinajstić information content (AvgIpc) is 2.91. The fourth-order valence-electron chi connectivity index (χ4n) is 3.26. The van der Waals surface area contributed by atoms with Gasteiger partial charge in [0.2, 0.25) is 0 Å². The lowest BCUT2D eigenvalue weighted by Gasteiger charge is -2.29. The molecule has 1 aromatic carbocycles. The minimum Gasteiger partial charge on any atom is -0.331 e. The highest BCUT2D eigenvalue weighted by Crippen LogP contribution is 2.28. The number of allylic oxidation sites excluding steroid dienone is 2. The van der Waals surface area contributed by atoms with Crippen LogP contribution in [0.4, 0.5) is 4.79 Å². The SMILES string of the molecule is C[C@@]1(c2ccccc2)NC(=O)N(NC(=O)C2=CC=CN3CCS(=O)(=O)N=C23)C1=O. The van der Waals surface area contributed by atoms with Crippen LogP contribution in [-0.4, -0.2) is 54.3 Å². The summed E-state index contributed by atoms with van der Waals surface area (Å²) in [4.78, 5) is 39.6. The van der Waals surface area contributed by atoms with Crippen molar-refractivity contribution in [3.8, 4) is 0 Å². The fraction of sp³-hybridized carbons (Fsp3) is 0.222. The van der Waals surface area contributed by atoms with Crippen LogP contribution in [0.1, 0.15) is 12.5 Å². The molecule has 1 saturated heterocycles. The topological polar surface area (TPSA) is 128 Å². The molecule has 0 aliphatic carbocycles. The quantitative estimate of drug-likeness (QED) is 0.668. The molecule has 2 N–H and O–H groups in total. The monoisotopic (exact) mass is 415 g/mol. The first-order valence-electron chi connectivity index (χ1n) is 8.73. The number of rotatable bonds is 3. The Morgan fingerprint density at radius 2 is 1.97 bits per heavy atom. The molecule has 1 atom stereocenters. The lowest BCUT2D eigenvalue weighted by atomic mass is 9.92. The Hall–Kier alpha value is -3.47. The second kappa shape index (κ2) is 6.55. The third-order valence-electron chi connectivity index (χ3n) is 4.86. The van der Waals surface area contributed by atoms with E-state index in [1.54, 1.807) is 42.6 Å². The second-order valence-electron chi connectivity index (χ2n) is 6.82. The van der Waals surface area contributed by atoms with Gasteiger partial charge in [-0.15, -0.1) is 4.40 Å². The van der Waals surface area contributed by atoms with Crippen molar-refractivity contribution in [1.82, 2.24) is 20.7 Å². The van der Waals surface area contributed by atoms with E-state index in [1.807, 2.05) is 0 Å². The molecule has 4 rings (SSSR count). The predicted molar refractivity (Wildman–Crippen MR) is 102 cm³/mol. The number of hydrogen-bond acceptors (Lipinski definition) is 6. The van der Waals surface area contributed by atoms with E-state index in [0.717, 1.165) is 0 Å². The average molecular weight is 415 g/mol. The number of carbonyl (C=O) groups is 3. The van der Waals surface area contributed by atoms with Gasteiger partial charge < -0.3 is 10.2 Å². The highest BCUT2D eigenvalue weighted by Gasteiger charge is 2.50. The van der Waals surface area contributed by atoms with Crippen LogP contribution >= 0.6 is 0 Å². The fourth-order valence-corrected chi connectivity index (χ4v) is 4.25. The van der Waals surface area contributed by atoms with E-state index in [2.05, 4.69) is 15.1 Å². The number of fused-ring (bicyclic) bond motifs is 1. The largest absolute Gasteiger partial charge is 0.344 e. The molecule has 0 aromatic heterocycles. The third-order valence-corrected chi connectivity index (χ3v) is 6.01. The summed E-state index contributed by atoms with van der Waals surface area (Å²) in [5.41, 5.74) is 1.41. The minimum absolute atomic E-state index is 0.0471. The van der Waals surface area contributed by atoms with Gasteiger partial charge in [0, 0.05) is 12.7 Å². The summed E-state index contributed by atoms with van der Waals surface area (Å²) in [7, 11) is -3.69. The van der Waals surface area contributed by atoms with Gasteiger partial charge in [0.25, 0.3) is 21.8 Å². The summed E-state index contributed by atoms with van der Waals surface area (Å²) in [5.74, 6) is -1.70. The molecule has 0 unspecified atom stereocenters. The van der Waals surface area contributed by atoms with Gasteiger partial charge in [-0.2, -0.15) is 5.01 Å². The third kappa shape index (κ3) is 3.18. The lowest BCUT2D eigenvalue weighted by Crippen LogP contribution is -2.50. The molecule has 0 bridgehead atoms. The molecule has 3 heterocycles. The molecule has 0 spiro atoms. The maximum atomic E-state index is 12.9. The van der Waals surface area contributed by atoms with Gasteiger partial charge in [-0.1, -0.05) is 30.3 Å². The number of nitrogens with one attached hydrogen (secondary N) is 2. The highest BCUT2D eigenvalue weighted by atomic mass is 32.2. The van der Waals surface area contributed by atoms with E-state index in [9.17, 15) is 22.8 Å². The van der Waals surface area contributed by atoms with Crippen molar-refractivity contribution in [2.24, 2.45) is 4.40 Å². The molecule has 4 amide bonds. The molecule has 11 heteroatoms. The zero-order valence-corrected chi connectivity index (χ0v) is 16.1. The number of imide groups is 1. The maximum absolute atomic E-state index is 12.9. The van der Waals surface area contributed by atoms with Crippen LogP contribution in [0.2, 0.25) is 0 Å². The van der Waals surface area contributed by atoms with Crippen LogP contribution in [0.15, 0.2) is 58.7 Å². The van der Waals surface area contributed by atoms with Crippen molar-refractivity contribution in [2.45, 2.75) is 12.5 Å². The number of amidine groups is 1. The van der Waals surface area contributed by atoms with E-state index >= 15 is 0 Å². The minimum atomic E-state index is -3.69. The number of hydrazine groups is 1. The summed E-state index contributed by atoms with van der Waals surface area (Å²) in [5, 5.41) is 3.17. The van der Waals surface area contributed by atoms with Crippen LogP contribution in [0.3, 0.4) is 0 Å². The van der Waals surface area contributed by atoms with Crippen molar-refractivity contribution in [1.29, 1.82) is 0 Å². The molecular formula is C18H17N5O5S. The van der Waals surface area contributed by atoms with Gasteiger partial charge in [0.1, 0.15) is 5.54 Å². The first-order chi connectivity index (χ1) is 13.7. The zero-order chi connectivity index (χ0) is 20.8. The molecule has 29 heavy (non-hydrogen) atoms. The summed E-state index contributed by atoms with van der Waals surface area (Å²) in [6.45, 7) is 1.69. The van der Waals surface area contributed by atoms with Gasteiger partial charge in [0.05, 0.1) is 11.3 Å². The van der Waals surface area contributed by atoms with Gasteiger partial charge in [0.15, 0.2) is 5.84 Å². The van der Waals surface area contributed by atoms with E-state index in [0.29, 0.717) is 10.6 Å². The van der Waals surface area contributed by atoms with Crippen LogP contribution in [0, 0.1) is 0 Å². The standard InChI is InChI=1S/C18H17N5O5S/c1-18(12-6-3-2-4-7-12)16(25)23(17(26)19-18)20-15(24)13-8-5-9-22-10-11-29(27,28)21-14(13)22/h2-9H,10-11H2,1H3,(H,19,26)(H,20,24)/t18-/m0/s1. The summed E-state index contributed by atoms with van der Waals surface area (Å²) in [6.07, 6.45) is 4.54. The van der Waals surface area contributed by atoms with Crippen molar-refractivity contribution < 1.29 is 22.8 Å². The Morgan fingerprint density at radius 3 is 2.69 bits per heavy atom. The molecule has 3 aliphatic rings. The van der Waals surface area contributed by atoms with Crippen LogP contribution in [-0.2, 0) is 25.2 Å². The Kier molecular flexibility index (Phi) is 4.26. The van der Waals surface area contributed by atoms with Gasteiger partial charge >= 0.3 is 6.03 Å². The maximum Gasteiger partial charge on any atom is 0.344 e. The van der Waals surface area contributed by atoms with Gasteiger partial charge in [-0.25, -0.2) is 13.2 Å². The van der Waals surface area contributed by atoms with Crippen molar-refractivity contribution >= 4 is 33.7 Å². The second-order valence-corrected chi connectivity index (χ2v) is 8.57. The number of nitrogens with zero attached hydrogens (tertiary/aromatic N) is 3. The van der Waals surface area contributed by atoms with Crippen molar-refractivity contribution in [3.05, 3.63) is 59.8 Å². The van der Waals surface area contributed by atoms with E-state index in [1.165, 1.54) is 17.9 Å². The van der Waals surface area contributed by atoms with Crippen LogP contribution in [0.25, 0.3) is 0 Å². The number of hydrogen-bond donors (Lipinski definition) is 2. The molecular weight excluding hydrogens is 398 g/mol. The normalized spacial score (nSPS) is 25.1. The predicted octanol–water partition coefficient (Wildman–Crippen LogP) is -0.0176. The zero-order valence-electron chi connectivity index (χ0n) is 15.3. The Balaban J connectivity index is 1.60. The highest BCUT2D eigenvalue weighted by molar-refractivity contribution is 7.90. The molecule has 10 nitrogen and oxygen atoms in total. The van der Waals surface area contributed by atoms with Crippen LogP contribution in [0.5, 0.6) is 0 Å². The smallest absolute Gasteiger partial charge is 0.331 e.